The van der Waals surface area contributed by atoms with Gasteiger partial charge in [-0.1, -0.05) is 0 Å². The number of nitrogens with one attached hydrogen (secondary N) is 1. The summed E-state index contributed by atoms with van der Waals surface area (Å²) in [6, 6.07) is 0. The first kappa shape index (κ1) is 8.03. The summed E-state index contributed by atoms with van der Waals surface area (Å²) in [6.45, 7) is 0.916. The van der Waals surface area contributed by atoms with Crippen molar-refractivity contribution in [3.63, 3.8) is 0 Å². The van der Waals surface area contributed by atoms with Crippen molar-refractivity contribution in [2.45, 2.75) is 0 Å². The van der Waals surface area contributed by atoms with Gasteiger partial charge in [0.15, 0.2) is 0 Å². The zero-order chi connectivity index (χ0) is 6.41. The molecule has 5 heteroatoms. The maximum absolute atomic E-state index is 10.2. The van der Waals surface area contributed by atoms with E-state index in [4.69, 9.17) is 0 Å². The van der Waals surface area contributed by atoms with E-state index in [0.717, 1.165) is 0 Å². The van der Waals surface area contributed by atoms with Gasteiger partial charge in [-0.2, -0.15) is 0 Å². The molecule has 3 N–H and O–H groups in total. The molecule has 0 spiro atoms. The summed E-state index contributed by atoms with van der Waals surface area (Å²) in [6.07, 6.45) is 1.55. The summed E-state index contributed by atoms with van der Waals surface area (Å²) in [5, 5.41) is 0. The molecule has 4 nitrogen and oxygen atoms in total. The Hall–Kier alpha value is 0.0300. The van der Waals surface area contributed by atoms with Gasteiger partial charge in [-0.15, -0.1) is 0 Å². The smallest absolute Gasteiger partial charge is 0.0884 e. The second-order valence-corrected chi connectivity index (χ2v) is 2.42. The molecule has 0 saturated carbocycles. The van der Waals surface area contributed by atoms with E-state index in [1.54, 1.807) is 6.26 Å². The first-order valence-corrected chi connectivity index (χ1v) is 3.72. The van der Waals surface area contributed by atoms with Gasteiger partial charge in [-0.3, -0.25) is 0 Å². The molecule has 0 bridgehead atoms. The van der Waals surface area contributed by atoms with Crippen LogP contribution in [0.2, 0.25) is 0 Å². The van der Waals surface area contributed by atoms with E-state index >= 15 is 0 Å². The predicted molar refractivity (Wildman–Crippen MR) is 32.2 cm³/mol. The molecule has 0 aliphatic heterocycles. The van der Waals surface area contributed by atoms with Gasteiger partial charge in [0.25, 0.3) is 0 Å². The van der Waals surface area contributed by atoms with Gasteiger partial charge in [0.1, 0.15) is 0 Å². The van der Waals surface area contributed by atoms with Crippen molar-refractivity contribution in [3.05, 3.63) is 0 Å². The zero-order valence-electron chi connectivity index (χ0n) is 4.72. The molecule has 8 heavy (non-hydrogen) atoms. The highest BCUT2D eigenvalue weighted by Crippen LogP contribution is 1.63. The Bertz CT molecular complexity index is 77.7. The zero-order valence-corrected chi connectivity index (χ0v) is 5.53. The monoisotopic (exact) mass is 138 g/mol. The third-order valence-electron chi connectivity index (χ3n) is 0.525. The SMILES string of the molecule is CS(=O)NCCON. The van der Waals surface area contributed by atoms with Crippen LogP contribution in [0.4, 0.5) is 0 Å². The van der Waals surface area contributed by atoms with Crippen LogP contribution in [-0.2, 0) is 15.8 Å². The summed E-state index contributed by atoms with van der Waals surface area (Å²) < 4.78 is 12.8. The largest absolute Gasteiger partial charge is 0.303 e. The quantitative estimate of drug-likeness (QED) is 0.377. The minimum Gasteiger partial charge on any atom is -0.303 e. The Morgan fingerprint density at radius 2 is 2.50 bits per heavy atom. The Labute approximate surface area is 50.9 Å². The van der Waals surface area contributed by atoms with Crippen LogP contribution in [0.15, 0.2) is 0 Å². The van der Waals surface area contributed by atoms with Gasteiger partial charge in [-0.25, -0.2) is 14.8 Å². The van der Waals surface area contributed by atoms with Crippen molar-refractivity contribution >= 4 is 11.0 Å². The molecule has 0 aromatic heterocycles. The topological polar surface area (TPSA) is 64.3 Å². The van der Waals surface area contributed by atoms with Crippen LogP contribution in [0, 0.1) is 0 Å². The van der Waals surface area contributed by atoms with Crippen LogP contribution >= 0.6 is 0 Å². The van der Waals surface area contributed by atoms with Gasteiger partial charge in [-0.05, 0) is 0 Å². The number of rotatable bonds is 4. The summed E-state index contributed by atoms with van der Waals surface area (Å²) in [7, 11) is -0.953. The van der Waals surface area contributed by atoms with Crippen LogP contribution in [-0.4, -0.2) is 23.6 Å². The molecule has 0 saturated heterocycles. The average Bonchev–Trinajstić information content (AvgIpc) is 1.66. The maximum Gasteiger partial charge on any atom is 0.0884 e. The lowest BCUT2D eigenvalue weighted by Gasteiger charge is -1.96. The molecule has 0 aliphatic rings. The number of hydrogen-bond donors (Lipinski definition) is 2. The molecule has 0 aliphatic carbocycles. The lowest BCUT2D eigenvalue weighted by molar-refractivity contribution is 0.144. The summed E-state index contributed by atoms with van der Waals surface area (Å²) >= 11 is 0. The second kappa shape index (κ2) is 5.17. The molecule has 0 heterocycles. The maximum atomic E-state index is 10.2. The standard InChI is InChI=1S/C3H10N2O2S/c1-8(6)5-2-3-7-4/h5H,2-4H2,1H3. The van der Waals surface area contributed by atoms with Crippen LogP contribution in [0.25, 0.3) is 0 Å². The molecule has 0 radical (unpaired) electrons. The fraction of sp³-hybridized carbons (Fsp3) is 1.00. The Morgan fingerprint density at radius 3 is 2.88 bits per heavy atom. The molecule has 0 amide bonds. The van der Waals surface area contributed by atoms with E-state index < -0.39 is 11.0 Å². The van der Waals surface area contributed by atoms with Gasteiger partial charge in [0.05, 0.1) is 17.6 Å². The first-order chi connectivity index (χ1) is 3.77. The molecular formula is C3H10N2O2S. The van der Waals surface area contributed by atoms with Crippen LogP contribution in [0.5, 0.6) is 0 Å². The summed E-state index contributed by atoms with van der Waals surface area (Å²) in [5.41, 5.74) is 0. The highest BCUT2D eigenvalue weighted by Gasteiger charge is 1.85. The molecule has 1 atom stereocenters. The number of nitrogens with two attached hydrogens (primary N) is 1. The average molecular weight is 138 g/mol. The van der Waals surface area contributed by atoms with E-state index in [-0.39, 0.29) is 0 Å². The summed E-state index contributed by atoms with van der Waals surface area (Å²) in [5.74, 6) is 4.68. The summed E-state index contributed by atoms with van der Waals surface area (Å²) in [4.78, 5) is 4.20. The van der Waals surface area contributed by atoms with Crippen molar-refractivity contribution in [3.8, 4) is 0 Å². The van der Waals surface area contributed by atoms with Crippen LogP contribution in [0.3, 0.4) is 0 Å². The van der Waals surface area contributed by atoms with E-state index in [2.05, 4.69) is 15.5 Å². The third kappa shape index (κ3) is 6.03. The molecule has 1 unspecified atom stereocenters. The number of hydrogen-bond acceptors (Lipinski definition) is 3. The fourth-order valence-corrected chi connectivity index (χ4v) is 0.615. The molecule has 0 aromatic rings. The van der Waals surface area contributed by atoms with Gasteiger partial charge < -0.3 is 4.84 Å². The van der Waals surface area contributed by atoms with E-state index in [9.17, 15) is 4.21 Å². The van der Waals surface area contributed by atoms with Crippen LogP contribution in [0.1, 0.15) is 0 Å². The van der Waals surface area contributed by atoms with Crippen molar-refractivity contribution in [1.29, 1.82) is 0 Å². The Morgan fingerprint density at radius 1 is 1.88 bits per heavy atom. The third-order valence-corrected chi connectivity index (χ3v) is 1.14. The van der Waals surface area contributed by atoms with Crippen molar-refractivity contribution in [1.82, 2.24) is 4.72 Å². The normalized spacial score (nSPS) is 13.8. The van der Waals surface area contributed by atoms with Gasteiger partial charge >= 0.3 is 0 Å². The van der Waals surface area contributed by atoms with Crippen molar-refractivity contribution < 1.29 is 9.05 Å². The van der Waals surface area contributed by atoms with Crippen molar-refractivity contribution in [2.75, 3.05) is 19.4 Å². The molecule has 50 valence electrons. The van der Waals surface area contributed by atoms with Gasteiger partial charge in [0, 0.05) is 12.8 Å². The van der Waals surface area contributed by atoms with E-state index in [1.165, 1.54) is 0 Å². The second-order valence-electron chi connectivity index (χ2n) is 1.22. The lowest BCUT2D eigenvalue weighted by Crippen LogP contribution is -2.22. The predicted octanol–water partition coefficient (Wildman–Crippen LogP) is -1.24. The Kier molecular flexibility index (Phi) is 5.19. The Balaban J connectivity index is 2.82. The fourth-order valence-electron chi connectivity index (χ4n) is 0.244. The molecular weight excluding hydrogens is 128 g/mol. The van der Waals surface area contributed by atoms with E-state index in [1.807, 2.05) is 0 Å². The lowest BCUT2D eigenvalue weighted by atomic mass is 10.8. The minimum absolute atomic E-state index is 0.388. The first-order valence-electron chi connectivity index (χ1n) is 2.16. The van der Waals surface area contributed by atoms with E-state index in [0.29, 0.717) is 13.2 Å². The van der Waals surface area contributed by atoms with Crippen molar-refractivity contribution in [2.24, 2.45) is 5.90 Å². The molecule has 0 fully saturated rings. The minimum atomic E-state index is -0.953. The van der Waals surface area contributed by atoms with Gasteiger partial charge in [0.2, 0.25) is 0 Å². The molecule has 0 rings (SSSR count). The highest BCUT2D eigenvalue weighted by atomic mass is 32.2. The highest BCUT2D eigenvalue weighted by molar-refractivity contribution is 7.82. The van der Waals surface area contributed by atoms with Crippen LogP contribution < -0.4 is 10.6 Å². The molecule has 0 aromatic carbocycles.